The fourth-order valence-corrected chi connectivity index (χ4v) is 3.72. The fraction of sp³-hybridized carbons (Fsp3) is 0.318. The van der Waals surface area contributed by atoms with E-state index in [2.05, 4.69) is 10.3 Å². The van der Waals surface area contributed by atoms with E-state index in [4.69, 9.17) is 0 Å². The summed E-state index contributed by atoms with van der Waals surface area (Å²) in [5.74, 6) is -0.532. The van der Waals surface area contributed by atoms with Crippen LogP contribution in [0.15, 0.2) is 54.9 Å². The van der Waals surface area contributed by atoms with Crippen LogP contribution in [0.25, 0.3) is 11.0 Å². The molecule has 1 aliphatic heterocycles. The Balaban J connectivity index is 1.54. The number of halogens is 1. The maximum atomic E-state index is 13.4. The van der Waals surface area contributed by atoms with Crippen LogP contribution in [0.5, 0.6) is 0 Å². The third kappa shape index (κ3) is 4.45. The molecular formula is C22H23FN4O2. The molecule has 1 fully saturated rings. The summed E-state index contributed by atoms with van der Waals surface area (Å²) >= 11 is 0. The minimum Gasteiger partial charge on any atom is -0.346 e. The quantitative estimate of drug-likeness (QED) is 0.699. The first-order chi connectivity index (χ1) is 14.1. The lowest BCUT2D eigenvalue weighted by Crippen LogP contribution is -2.44. The lowest BCUT2D eigenvalue weighted by atomic mass is 10.1. The first-order valence-corrected chi connectivity index (χ1v) is 9.82. The van der Waals surface area contributed by atoms with E-state index in [1.165, 1.54) is 12.1 Å². The number of hydrogen-bond acceptors (Lipinski definition) is 3. The second kappa shape index (κ2) is 8.43. The summed E-state index contributed by atoms with van der Waals surface area (Å²) in [5, 5.41) is 3.02. The van der Waals surface area contributed by atoms with Gasteiger partial charge in [-0.15, -0.1) is 0 Å². The third-order valence-electron chi connectivity index (χ3n) is 5.27. The van der Waals surface area contributed by atoms with Gasteiger partial charge in [-0.25, -0.2) is 9.37 Å². The summed E-state index contributed by atoms with van der Waals surface area (Å²) in [7, 11) is 0. The van der Waals surface area contributed by atoms with Crippen molar-refractivity contribution in [3.63, 3.8) is 0 Å². The van der Waals surface area contributed by atoms with E-state index >= 15 is 0 Å². The Labute approximate surface area is 168 Å². The number of aromatic nitrogens is 2. The van der Waals surface area contributed by atoms with Crippen LogP contribution in [0.2, 0.25) is 0 Å². The highest BCUT2D eigenvalue weighted by Gasteiger charge is 2.23. The topological polar surface area (TPSA) is 67.2 Å². The SMILES string of the molecule is O=C(CN1CCCCC1=O)NC(Cn1cnc2ccccc21)c1ccc(F)cc1. The number of fused-ring (bicyclic) bond motifs is 1. The summed E-state index contributed by atoms with van der Waals surface area (Å²) < 4.78 is 15.4. The van der Waals surface area contributed by atoms with Crippen molar-refractivity contribution in [2.24, 2.45) is 0 Å². The lowest BCUT2D eigenvalue weighted by Gasteiger charge is -2.27. The maximum Gasteiger partial charge on any atom is 0.240 e. The molecule has 2 heterocycles. The number of imidazole rings is 1. The number of nitrogens with one attached hydrogen (secondary N) is 1. The molecule has 0 spiro atoms. The van der Waals surface area contributed by atoms with E-state index in [1.807, 2.05) is 28.8 Å². The summed E-state index contributed by atoms with van der Waals surface area (Å²) in [5.41, 5.74) is 2.62. The molecule has 1 atom stereocenters. The Morgan fingerprint density at radius 1 is 1.14 bits per heavy atom. The molecule has 3 aromatic rings. The van der Waals surface area contributed by atoms with E-state index in [0.717, 1.165) is 29.4 Å². The molecule has 2 aromatic carbocycles. The van der Waals surface area contributed by atoms with Gasteiger partial charge in [0, 0.05) is 19.5 Å². The normalized spacial score (nSPS) is 15.5. The molecule has 0 bridgehead atoms. The third-order valence-corrected chi connectivity index (χ3v) is 5.27. The van der Waals surface area contributed by atoms with E-state index in [-0.39, 0.29) is 30.2 Å². The molecule has 0 radical (unpaired) electrons. The Morgan fingerprint density at radius 3 is 2.72 bits per heavy atom. The Bertz CT molecular complexity index is 1020. The minimum absolute atomic E-state index is 0.0188. The highest BCUT2D eigenvalue weighted by molar-refractivity contribution is 5.85. The summed E-state index contributed by atoms with van der Waals surface area (Å²) in [6.07, 6.45) is 4.03. The molecule has 1 N–H and O–H groups in total. The monoisotopic (exact) mass is 394 g/mol. The number of nitrogens with zero attached hydrogens (tertiary/aromatic N) is 3. The van der Waals surface area contributed by atoms with Crippen molar-refractivity contribution in [3.8, 4) is 0 Å². The van der Waals surface area contributed by atoms with Gasteiger partial charge in [0.1, 0.15) is 5.82 Å². The average molecular weight is 394 g/mol. The number of amides is 2. The lowest BCUT2D eigenvalue weighted by molar-refractivity contribution is -0.138. The standard InChI is InChI=1S/C22H23FN4O2/c23-17-10-8-16(9-11-17)19(13-27-15-24-18-5-1-2-6-20(18)27)25-21(28)14-26-12-4-3-7-22(26)29/h1-2,5-6,8-11,15,19H,3-4,7,12-14H2,(H,25,28). The van der Waals surface area contributed by atoms with Gasteiger partial charge in [-0.3, -0.25) is 9.59 Å². The van der Waals surface area contributed by atoms with Gasteiger partial charge in [0.25, 0.3) is 0 Å². The van der Waals surface area contributed by atoms with E-state index in [0.29, 0.717) is 19.5 Å². The zero-order valence-electron chi connectivity index (χ0n) is 16.1. The summed E-state index contributed by atoms with van der Waals surface area (Å²) in [6.45, 7) is 1.10. The van der Waals surface area contributed by atoms with Crippen molar-refractivity contribution in [1.82, 2.24) is 19.8 Å². The molecule has 7 heteroatoms. The Morgan fingerprint density at radius 2 is 1.93 bits per heavy atom. The van der Waals surface area contributed by atoms with Crippen molar-refractivity contribution in [1.29, 1.82) is 0 Å². The zero-order valence-corrected chi connectivity index (χ0v) is 16.1. The smallest absolute Gasteiger partial charge is 0.240 e. The number of piperidine rings is 1. The van der Waals surface area contributed by atoms with Crippen LogP contribution in [-0.2, 0) is 16.1 Å². The molecule has 1 aliphatic rings. The van der Waals surface area contributed by atoms with Crippen molar-refractivity contribution in [2.75, 3.05) is 13.1 Å². The predicted octanol–water partition coefficient (Wildman–Crippen LogP) is 3.05. The zero-order chi connectivity index (χ0) is 20.2. The summed E-state index contributed by atoms with van der Waals surface area (Å²) in [4.78, 5) is 30.7. The first kappa shape index (κ1) is 19.1. The molecule has 29 heavy (non-hydrogen) atoms. The number of para-hydroxylation sites is 2. The van der Waals surface area contributed by atoms with Gasteiger partial charge in [0.2, 0.25) is 11.8 Å². The van der Waals surface area contributed by atoms with Crippen molar-refractivity contribution in [3.05, 3.63) is 66.2 Å². The van der Waals surface area contributed by atoms with Gasteiger partial charge in [-0.05, 0) is 42.7 Å². The average Bonchev–Trinajstić information content (AvgIpc) is 3.13. The van der Waals surface area contributed by atoms with Crippen LogP contribution < -0.4 is 5.32 Å². The minimum atomic E-state index is -0.374. The predicted molar refractivity (Wildman–Crippen MR) is 107 cm³/mol. The number of likely N-dealkylation sites (tertiary alicyclic amines) is 1. The van der Waals surface area contributed by atoms with Crippen LogP contribution >= 0.6 is 0 Å². The first-order valence-electron chi connectivity index (χ1n) is 9.82. The van der Waals surface area contributed by atoms with Crippen LogP contribution in [-0.4, -0.2) is 39.4 Å². The molecule has 150 valence electrons. The molecule has 6 nitrogen and oxygen atoms in total. The van der Waals surface area contributed by atoms with Crippen molar-refractivity contribution < 1.29 is 14.0 Å². The van der Waals surface area contributed by atoms with E-state index < -0.39 is 0 Å². The fourth-order valence-electron chi connectivity index (χ4n) is 3.72. The van der Waals surface area contributed by atoms with Gasteiger partial charge in [0.15, 0.2) is 0 Å². The van der Waals surface area contributed by atoms with Gasteiger partial charge in [-0.1, -0.05) is 24.3 Å². The molecule has 1 aromatic heterocycles. The largest absolute Gasteiger partial charge is 0.346 e. The van der Waals surface area contributed by atoms with E-state index in [1.54, 1.807) is 23.4 Å². The van der Waals surface area contributed by atoms with Crippen LogP contribution in [0.1, 0.15) is 30.9 Å². The van der Waals surface area contributed by atoms with Gasteiger partial charge < -0.3 is 14.8 Å². The molecule has 1 saturated heterocycles. The van der Waals surface area contributed by atoms with Crippen LogP contribution in [0.3, 0.4) is 0 Å². The molecule has 4 rings (SSSR count). The maximum absolute atomic E-state index is 13.4. The van der Waals surface area contributed by atoms with Crippen LogP contribution in [0.4, 0.5) is 4.39 Å². The number of carbonyl (C=O) groups excluding carboxylic acids is 2. The number of benzene rings is 2. The van der Waals surface area contributed by atoms with E-state index in [9.17, 15) is 14.0 Å². The Hall–Kier alpha value is -3.22. The number of hydrogen-bond donors (Lipinski definition) is 1. The second-order valence-electron chi connectivity index (χ2n) is 7.33. The number of rotatable bonds is 6. The molecule has 1 unspecified atom stereocenters. The molecule has 0 aliphatic carbocycles. The van der Waals surface area contributed by atoms with Crippen LogP contribution in [0, 0.1) is 5.82 Å². The Kier molecular flexibility index (Phi) is 5.55. The molecular weight excluding hydrogens is 371 g/mol. The number of carbonyl (C=O) groups is 2. The van der Waals surface area contributed by atoms with Gasteiger partial charge in [-0.2, -0.15) is 0 Å². The summed E-state index contributed by atoms with van der Waals surface area (Å²) in [6, 6.07) is 13.5. The highest BCUT2D eigenvalue weighted by Crippen LogP contribution is 2.20. The van der Waals surface area contributed by atoms with Crippen molar-refractivity contribution in [2.45, 2.75) is 31.8 Å². The van der Waals surface area contributed by atoms with Gasteiger partial charge >= 0.3 is 0 Å². The second-order valence-corrected chi connectivity index (χ2v) is 7.33. The molecule has 2 amide bonds. The molecule has 0 saturated carbocycles. The highest BCUT2D eigenvalue weighted by atomic mass is 19.1. The van der Waals surface area contributed by atoms with Gasteiger partial charge in [0.05, 0.1) is 29.9 Å². The van der Waals surface area contributed by atoms with Crippen molar-refractivity contribution >= 4 is 22.8 Å².